The van der Waals surface area contributed by atoms with Gasteiger partial charge >= 0.3 is 0 Å². The second-order valence-corrected chi connectivity index (χ2v) is 8.99. The molecule has 168 valence electrons. The topological polar surface area (TPSA) is 97.8 Å². The number of amides is 1. The summed E-state index contributed by atoms with van der Waals surface area (Å²) >= 11 is 0. The van der Waals surface area contributed by atoms with Gasteiger partial charge in [-0.2, -0.15) is 0 Å². The van der Waals surface area contributed by atoms with Crippen LogP contribution in [-0.2, 0) is 21.2 Å². The van der Waals surface area contributed by atoms with E-state index in [4.69, 9.17) is 9.47 Å². The van der Waals surface area contributed by atoms with E-state index in [-0.39, 0.29) is 5.69 Å². The molecule has 0 unspecified atom stereocenters. The Balaban J connectivity index is 1.74. The van der Waals surface area contributed by atoms with Crippen LogP contribution in [-0.4, -0.2) is 46.3 Å². The predicted molar refractivity (Wildman–Crippen MR) is 124 cm³/mol. The minimum atomic E-state index is -3.77. The Kier molecular flexibility index (Phi) is 7.32. The van der Waals surface area contributed by atoms with E-state index in [1.54, 1.807) is 36.7 Å². The maximum atomic E-state index is 12.7. The van der Waals surface area contributed by atoms with Crippen LogP contribution >= 0.6 is 0 Å². The molecule has 0 radical (unpaired) electrons. The lowest BCUT2D eigenvalue weighted by atomic mass is 10.1. The van der Waals surface area contributed by atoms with Crippen molar-refractivity contribution in [1.82, 2.24) is 4.98 Å². The largest absolute Gasteiger partial charge is 0.497 e. The molecule has 0 aliphatic heterocycles. The van der Waals surface area contributed by atoms with Crippen LogP contribution in [0.25, 0.3) is 0 Å². The second-order valence-electron chi connectivity index (χ2n) is 7.08. The molecule has 2 aromatic carbocycles. The van der Waals surface area contributed by atoms with Crippen molar-refractivity contribution in [2.75, 3.05) is 36.6 Å². The van der Waals surface area contributed by atoms with Gasteiger partial charge in [-0.15, -0.1) is 0 Å². The Morgan fingerprint density at radius 2 is 1.62 bits per heavy atom. The SMILES string of the molecule is COc1ccc(OC)c(N(CC(=O)Nc2ccc(Cc3ccncc3)cc2)S(C)(=O)=O)c1. The molecule has 0 saturated carbocycles. The number of carbonyl (C=O) groups is 1. The average Bonchev–Trinajstić information content (AvgIpc) is 2.78. The quantitative estimate of drug-likeness (QED) is 0.533. The standard InChI is InChI=1S/C23H25N3O5S/c1-30-20-8-9-22(31-2)21(15-20)26(32(3,28)29)16-23(27)25-19-6-4-17(5-7-19)14-18-10-12-24-13-11-18/h4-13,15H,14,16H2,1-3H3,(H,25,27). The third-order valence-electron chi connectivity index (χ3n) is 4.74. The van der Waals surface area contributed by atoms with Gasteiger partial charge in [-0.05, 0) is 53.9 Å². The van der Waals surface area contributed by atoms with Gasteiger partial charge < -0.3 is 14.8 Å². The molecule has 0 spiro atoms. The molecule has 0 fully saturated rings. The Hall–Kier alpha value is -3.59. The van der Waals surface area contributed by atoms with Crippen molar-refractivity contribution in [2.45, 2.75) is 6.42 Å². The monoisotopic (exact) mass is 455 g/mol. The van der Waals surface area contributed by atoms with Crippen LogP contribution in [0.4, 0.5) is 11.4 Å². The third kappa shape index (κ3) is 5.98. The molecule has 1 heterocycles. The van der Waals surface area contributed by atoms with Crippen molar-refractivity contribution in [1.29, 1.82) is 0 Å². The van der Waals surface area contributed by atoms with Gasteiger partial charge in [0.2, 0.25) is 15.9 Å². The molecule has 3 rings (SSSR count). The first-order valence-corrected chi connectivity index (χ1v) is 11.6. The van der Waals surface area contributed by atoms with Gasteiger partial charge in [0.15, 0.2) is 0 Å². The van der Waals surface area contributed by atoms with Crippen molar-refractivity contribution in [3.05, 3.63) is 78.1 Å². The minimum Gasteiger partial charge on any atom is -0.497 e. The van der Waals surface area contributed by atoms with E-state index in [1.807, 2.05) is 24.3 Å². The van der Waals surface area contributed by atoms with Crippen LogP contribution < -0.4 is 19.1 Å². The number of hydrogen-bond acceptors (Lipinski definition) is 6. The first kappa shape index (κ1) is 23.1. The van der Waals surface area contributed by atoms with Gasteiger partial charge in [0.05, 0.1) is 26.2 Å². The zero-order valence-corrected chi connectivity index (χ0v) is 18.9. The maximum Gasteiger partial charge on any atom is 0.245 e. The Morgan fingerprint density at radius 3 is 2.22 bits per heavy atom. The normalized spacial score (nSPS) is 11.0. The van der Waals surface area contributed by atoms with E-state index in [1.165, 1.54) is 20.3 Å². The van der Waals surface area contributed by atoms with Gasteiger partial charge in [-0.3, -0.25) is 14.1 Å². The second kappa shape index (κ2) is 10.1. The van der Waals surface area contributed by atoms with E-state index >= 15 is 0 Å². The summed E-state index contributed by atoms with van der Waals surface area (Å²) in [5.41, 5.74) is 3.00. The minimum absolute atomic E-state index is 0.220. The van der Waals surface area contributed by atoms with Crippen molar-refractivity contribution >= 4 is 27.3 Å². The summed E-state index contributed by atoms with van der Waals surface area (Å²) in [5, 5.41) is 2.74. The molecule has 0 aliphatic carbocycles. The van der Waals surface area contributed by atoms with Gasteiger partial charge in [-0.1, -0.05) is 12.1 Å². The Morgan fingerprint density at radius 1 is 0.969 bits per heavy atom. The number of pyridine rings is 1. The van der Waals surface area contributed by atoms with Crippen molar-refractivity contribution in [3.8, 4) is 11.5 Å². The summed E-state index contributed by atoms with van der Waals surface area (Å²) in [6.45, 7) is -0.416. The summed E-state index contributed by atoms with van der Waals surface area (Å²) in [7, 11) is -0.869. The number of sulfonamides is 1. The summed E-state index contributed by atoms with van der Waals surface area (Å²) in [6, 6.07) is 16.0. The molecule has 3 aromatic rings. The molecule has 0 bridgehead atoms. The average molecular weight is 456 g/mol. The molecule has 1 amide bonds. The zero-order valence-electron chi connectivity index (χ0n) is 18.1. The van der Waals surface area contributed by atoms with Crippen molar-refractivity contribution in [2.24, 2.45) is 0 Å². The van der Waals surface area contributed by atoms with Crippen LogP contribution in [0.3, 0.4) is 0 Å². The van der Waals surface area contributed by atoms with Crippen LogP contribution in [0.2, 0.25) is 0 Å². The highest BCUT2D eigenvalue weighted by molar-refractivity contribution is 7.92. The molecule has 9 heteroatoms. The fourth-order valence-corrected chi connectivity index (χ4v) is 4.00. The number of carbonyl (C=O) groups excluding carboxylic acids is 1. The molecule has 8 nitrogen and oxygen atoms in total. The number of rotatable bonds is 9. The third-order valence-corrected chi connectivity index (χ3v) is 5.86. The van der Waals surface area contributed by atoms with Gasteiger partial charge in [0.1, 0.15) is 18.0 Å². The number of anilines is 2. The van der Waals surface area contributed by atoms with Gasteiger partial charge in [0, 0.05) is 24.1 Å². The maximum absolute atomic E-state index is 12.7. The predicted octanol–water partition coefficient (Wildman–Crippen LogP) is 3.09. The molecule has 32 heavy (non-hydrogen) atoms. The first-order valence-electron chi connectivity index (χ1n) is 9.77. The van der Waals surface area contributed by atoms with E-state index in [0.29, 0.717) is 17.2 Å². The van der Waals surface area contributed by atoms with Crippen LogP contribution in [0.15, 0.2) is 67.0 Å². The Labute approximate surface area is 187 Å². The van der Waals surface area contributed by atoms with Gasteiger partial charge in [-0.25, -0.2) is 8.42 Å². The van der Waals surface area contributed by atoms with Crippen LogP contribution in [0.1, 0.15) is 11.1 Å². The molecular formula is C23H25N3O5S. The number of methoxy groups -OCH3 is 2. The highest BCUT2D eigenvalue weighted by atomic mass is 32.2. The van der Waals surface area contributed by atoms with Gasteiger partial charge in [0.25, 0.3) is 0 Å². The number of benzene rings is 2. The lowest BCUT2D eigenvalue weighted by molar-refractivity contribution is -0.114. The molecular weight excluding hydrogens is 430 g/mol. The first-order chi connectivity index (χ1) is 15.3. The fraction of sp³-hybridized carbons (Fsp3) is 0.217. The summed E-state index contributed by atoms with van der Waals surface area (Å²) < 4.78 is 36.4. The zero-order chi connectivity index (χ0) is 23.1. The lowest BCUT2D eigenvalue weighted by Gasteiger charge is -2.24. The fourth-order valence-electron chi connectivity index (χ4n) is 3.15. The number of aromatic nitrogens is 1. The Bertz CT molecular complexity index is 1170. The highest BCUT2D eigenvalue weighted by Gasteiger charge is 2.24. The number of ether oxygens (including phenoxy) is 2. The molecule has 0 saturated heterocycles. The van der Waals surface area contributed by atoms with E-state index in [9.17, 15) is 13.2 Å². The van der Waals surface area contributed by atoms with Crippen molar-refractivity contribution < 1.29 is 22.7 Å². The highest BCUT2D eigenvalue weighted by Crippen LogP contribution is 2.33. The number of hydrogen-bond donors (Lipinski definition) is 1. The van der Waals surface area contributed by atoms with Crippen LogP contribution in [0, 0.1) is 0 Å². The summed E-state index contributed by atoms with van der Waals surface area (Å²) in [4.78, 5) is 16.7. The van der Waals surface area contributed by atoms with E-state index < -0.39 is 22.5 Å². The molecule has 1 N–H and O–H groups in total. The lowest BCUT2D eigenvalue weighted by Crippen LogP contribution is -2.37. The molecule has 1 aromatic heterocycles. The summed E-state index contributed by atoms with van der Waals surface area (Å²) in [5.74, 6) is 0.270. The van der Waals surface area contributed by atoms with E-state index in [2.05, 4.69) is 10.3 Å². The molecule has 0 atom stereocenters. The summed E-state index contributed by atoms with van der Waals surface area (Å²) in [6.07, 6.45) is 5.27. The smallest absolute Gasteiger partial charge is 0.245 e. The molecule has 0 aliphatic rings. The number of nitrogens with zero attached hydrogens (tertiary/aromatic N) is 2. The number of nitrogens with one attached hydrogen (secondary N) is 1. The van der Waals surface area contributed by atoms with E-state index in [0.717, 1.165) is 28.1 Å². The van der Waals surface area contributed by atoms with Crippen molar-refractivity contribution in [3.63, 3.8) is 0 Å². The van der Waals surface area contributed by atoms with Crippen LogP contribution in [0.5, 0.6) is 11.5 Å².